The van der Waals surface area contributed by atoms with Gasteiger partial charge in [-0.25, -0.2) is 0 Å². The first-order chi connectivity index (χ1) is 7.17. The van der Waals surface area contributed by atoms with Crippen LogP contribution < -0.4 is 5.32 Å². The molecule has 2 N–H and O–H groups in total. The van der Waals surface area contributed by atoms with Crippen molar-refractivity contribution in [1.29, 1.82) is 0 Å². The molecule has 0 saturated heterocycles. The molecule has 0 radical (unpaired) electrons. The smallest absolute Gasteiger partial charge is 0.0436 e. The Bertz CT molecular complexity index is 173. The lowest BCUT2D eigenvalue weighted by Gasteiger charge is -2.33. The summed E-state index contributed by atoms with van der Waals surface area (Å²) < 4.78 is 0. The van der Waals surface area contributed by atoms with Crippen LogP contribution in [-0.2, 0) is 0 Å². The lowest BCUT2D eigenvalue weighted by molar-refractivity contribution is 0.158. The Labute approximate surface area is 94.5 Å². The molecule has 1 atom stereocenters. The van der Waals surface area contributed by atoms with Crippen molar-refractivity contribution >= 4 is 0 Å². The van der Waals surface area contributed by atoms with Crippen molar-refractivity contribution in [3.05, 3.63) is 0 Å². The van der Waals surface area contributed by atoms with Gasteiger partial charge in [0.1, 0.15) is 0 Å². The highest BCUT2D eigenvalue weighted by molar-refractivity contribution is 4.86. The third-order valence-corrected chi connectivity index (χ3v) is 4.27. The average molecular weight is 213 g/mol. The summed E-state index contributed by atoms with van der Waals surface area (Å²) in [6, 6.07) is 0.668. The van der Waals surface area contributed by atoms with Gasteiger partial charge in [-0.05, 0) is 50.4 Å². The molecule has 2 heteroatoms. The number of aliphatic hydroxyl groups is 1. The molecule has 0 bridgehead atoms. The topological polar surface area (TPSA) is 32.3 Å². The second-order valence-corrected chi connectivity index (χ2v) is 5.19. The fourth-order valence-electron chi connectivity index (χ4n) is 2.32. The van der Waals surface area contributed by atoms with E-state index in [1.54, 1.807) is 0 Å². The maximum Gasteiger partial charge on any atom is 0.0436 e. The van der Waals surface area contributed by atoms with Gasteiger partial charge in [0.2, 0.25) is 0 Å². The van der Waals surface area contributed by atoms with Gasteiger partial charge in [0.25, 0.3) is 0 Å². The van der Waals surface area contributed by atoms with E-state index in [9.17, 15) is 0 Å². The predicted octanol–water partition coefficient (Wildman–Crippen LogP) is 2.56. The fraction of sp³-hybridized carbons (Fsp3) is 1.00. The Balaban J connectivity index is 2.34. The summed E-state index contributed by atoms with van der Waals surface area (Å²) in [5, 5.41) is 12.8. The first kappa shape index (κ1) is 13.0. The highest BCUT2D eigenvalue weighted by Gasteiger charge is 2.31. The molecular weight excluding hydrogens is 186 g/mol. The molecule has 0 heterocycles. The van der Waals surface area contributed by atoms with E-state index in [4.69, 9.17) is 5.11 Å². The third kappa shape index (κ3) is 3.76. The zero-order valence-electron chi connectivity index (χ0n) is 10.6. The molecule has 1 aliphatic carbocycles. The zero-order chi connectivity index (χ0) is 11.3. The molecule has 1 fully saturated rings. The summed E-state index contributed by atoms with van der Waals surface area (Å²) >= 11 is 0. The van der Waals surface area contributed by atoms with Gasteiger partial charge in [0.05, 0.1) is 0 Å². The summed E-state index contributed by atoms with van der Waals surface area (Å²) in [6.07, 6.45) is 6.06. The Kier molecular flexibility index (Phi) is 5.07. The van der Waals surface area contributed by atoms with Crippen LogP contribution in [0.3, 0.4) is 0 Å². The summed E-state index contributed by atoms with van der Waals surface area (Å²) in [5.74, 6) is 0.922. The summed E-state index contributed by atoms with van der Waals surface area (Å²) in [4.78, 5) is 0. The van der Waals surface area contributed by atoms with E-state index in [1.165, 1.54) is 12.8 Å². The second-order valence-electron chi connectivity index (χ2n) is 5.19. The molecule has 0 aromatic heterocycles. The molecule has 0 aliphatic heterocycles. The van der Waals surface area contributed by atoms with Gasteiger partial charge in [-0.15, -0.1) is 0 Å². The monoisotopic (exact) mass is 213 g/mol. The Morgan fingerprint density at radius 2 is 1.93 bits per heavy atom. The number of hydrogen-bond acceptors (Lipinski definition) is 2. The Morgan fingerprint density at radius 3 is 2.33 bits per heavy atom. The van der Waals surface area contributed by atoms with E-state index in [0.29, 0.717) is 18.1 Å². The van der Waals surface area contributed by atoms with Crippen LogP contribution in [0.2, 0.25) is 0 Å². The highest BCUT2D eigenvalue weighted by atomic mass is 16.3. The molecule has 0 aromatic carbocycles. The minimum Gasteiger partial charge on any atom is -0.396 e. The van der Waals surface area contributed by atoms with E-state index >= 15 is 0 Å². The minimum absolute atomic E-state index is 0.317. The molecule has 0 aromatic rings. The van der Waals surface area contributed by atoms with Crippen molar-refractivity contribution in [2.24, 2.45) is 11.3 Å². The number of aliphatic hydroxyl groups excluding tert-OH is 1. The standard InChI is InChI=1S/C13H27NO/c1-4-13(5-2,8-9-15)10-14-11(3)12-6-7-12/h11-12,14-15H,4-10H2,1-3H3. The molecule has 15 heavy (non-hydrogen) atoms. The summed E-state index contributed by atoms with van der Waals surface area (Å²) in [5.41, 5.74) is 0.317. The van der Waals surface area contributed by atoms with Crippen molar-refractivity contribution in [2.45, 2.75) is 58.9 Å². The largest absolute Gasteiger partial charge is 0.396 e. The van der Waals surface area contributed by atoms with Crippen LogP contribution >= 0.6 is 0 Å². The predicted molar refractivity (Wildman–Crippen MR) is 64.9 cm³/mol. The molecule has 1 saturated carbocycles. The van der Waals surface area contributed by atoms with Crippen LogP contribution in [0.1, 0.15) is 52.9 Å². The third-order valence-electron chi connectivity index (χ3n) is 4.27. The molecule has 1 rings (SSSR count). The molecule has 0 amide bonds. The first-order valence-corrected chi connectivity index (χ1v) is 6.51. The second kappa shape index (κ2) is 5.86. The number of nitrogens with one attached hydrogen (secondary N) is 1. The maximum absolute atomic E-state index is 9.12. The Hall–Kier alpha value is -0.0800. The minimum atomic E-state index is 0.317. The average Bonchev–Trinajstić information content (AvgIpc) is 3.07. The van der Waals surface area contributed by atoms with E-state index in [-0.39, 0.29) is 0 Å². The molecule has 1 unspecified atom stereocenters. The first-order valence-electron chi connectivity index (χ1n) is 6.51. The van der Waals surface area contributed by atoms with E-state index in [1.807, 2.05) is 0 Å². The molecule has 0 spiro atoms. The van der Waals surface area contributed by atoms with Crippen molar-refractivity contribution < 1.29 is 5.11 Å². The van der Waals surface area contributed by atoms with Gasteiger partial charge >= 0.3 is 0 Å². The van der Waals surface area contributed by atoms with Crippen molar-refractivity contribution in [2.75, 3.05) is 13.2 Å². The van der Waals surface area contributed by atoms with Crippen LogP contribution in [0, 0.1) is 11.3 Å². The zero-order valence-corrected chi connectivity index (χ0v) is 10.6. The number of hydrogen-bond donors (Lipinski definition) is 2. The summed E-state index contributed by atoms with van der Waals surface area (Å²) in [6.45, 7) is 8.16. The van der Waals surface area contributed by atoms with Gasteiger partial charge in [0.15, 0.2) is 0 Å². The van der Waals surface area contributed by atoms with Crippen LogP contribution in [0.25, 0.3) is 0 Å². The lowest BCUT2D eigenvalue weighted by atomic mass is 9.79. The fourth-order valence-corrected chi connectivity index (χ4v) is 2.32. The van der Waals surface area contributed by atoms with Gasteiger partial charge in [-0.2, -0.15) is 0 Å². The van der Waals surface area contributed by atoms with Crippen molar-refractivity contribution in [3.63, 3.8) is 0 Å². The lowest BCUT2D eigenvalue weighted by Crippen LogP contribution is -2.39. The van der Waals surface area contributed by atoms with Crippen molar-refractivity contribution in [3.8, 4) is 0 Å². The maximum atomic E-state index is 9.12. The molecule has 2 nitrogen and oxygen atoms in total. The van der Waals surface area contributed by atoms with E-state index < -0.39 is 0 Å². The SMILES string of the molecule is CCC(CC)(CCO)CNC(C)C1CC1. The molecule has 1 aliphatic rings. The van der Waals surface area contributed by atoms with Gasteiger partial charge in [-0.1, -0.05) is 13.8 Å². The summed E-state index contributed by atoms with van der Waals surface area (Å²) in [7, 11) is 0. The Morgan fingerprint density at radius 1 is 1.33 bits per heavy atom. The van der Waals surface area contributed by atoms with Crippen LogP contribution in [0.5, 0.6) is 0 Å². The number of rotatable bonds is 8. The van der Waals surface area contributed by atoms with Crippen molar-refractivity contribution in [1.82, 2.24) is 5.32 Å². The van der Waals surface area contributed by atoms with Gasteiger partial charge in [-0.3, -0.25) is 0 Å². The molecular formula is C13H27NO. The molecule has 90 valence electrons. The van der Waals surface area contributed by atoms with E-state index in [2.05, 4.69) is 26.1 Å². The van der Waals surface area contributed by atoms with Crippen LogP contribution in [0.4, 0.5) is 0 Å². The van der Waals surface area contributed by atoms with E-state index in [0.717, 1.165) is 31.7 Å². The quantitative estimate of drug-likeness (QED) is 0.649. The van der Waals surface area contributed by atoms with Gasteiger partial charge < -0.3 is 10.4 Å². The van der Waals surface area contributed by atoms with Crippen LogP contribution in [-0.4, -0.2) is 24.3 Å². The normalized spacial score (nSPS) is 19.2. The van der Waals surface area contributed by atoms with Crippen LogP contribution in [0.15, 0.2) is 0 Å². The highest BCUT2D eigenvalue weighted by Crippen LogP contribution is 2.34. The van der Waals surface area contributed by atoms with Gasteiger partial charge in [0, 0.05) is 19.2 Å².